The molecule has 7 heteroatoms. The molecule has 2 aromatic carbocycles. The standard InChI is InChI=1S/C21H25N3O2S.ClH/c1-22-12-6-13-23-21(26)17-8-3-5-10-19(17)27-15-20(25)24-14-11-16-7-2-4-9-18(16)24;/h2-5,7-10,22H,6,11-15H2,1H3,(H,23,26);1H. The van der Waals surface area contributed by atoms with Gasteiger partial charge in [-0.05, 0) is 50.2 Å². The van der Waals surface area contributed by atoms with Crippen LogP contribution in [0.15, 0.2) is 53.4 Å². The Bertz CT molecular complexity index is 816. The van der Waals surface area contributed by atoms with E-state index in [2.05, 4.69) is 16.7 Å². The largest absolute Gasteiger partial charge is 0.352 e. The van der Waals surface area contributed by atoms with Gasteiger partial charge in [-0.2, -0.15) is 0 Å². The molecule has 1 aliphatic rings. The zero-order chi connectivity index (χ0) is 19.1. The minimum atomic E-state index is -0.0897. The van der Waals surface area contributed by atoms with Crippen molar-refractivity contribution in [3.05, 3.63) is 59.7 Å². The highest BCUT2D eigenvalue weighted by Crippen LogP contribution is 2.29. The summed E-state index contributed by atoms with van der Waals surface area (Å²) in [6.45, 7) is 2.22. The van der Waals surface area contributed by atoms with Crippen molar-refractivity contribution in [2.24, 2.45) is 0 Å². The van der Waals surface area contributed by atoms with Crippen LogP contribution in [0.3, 0.4) is 0 Å². The van der Waals surface area contributed by atoms with E-state index in [-0.39, 0.29) is 24.2 Å². The Morgan fingerprint density at radius 2 is 1.82 bits per heavy atom. The summed E-state index contributed by atoms with van der Waals surface area (Å²) < 4.78 is 0. The van der Waals surface area contributed by atoms with Crippen molar-refractivity contribution in [3.63, 3.8) is 0 Å². The molecule has 5 nitrogen and oxygen atoms in total. The number of nitrogens with zero attached hydrogens (tertiary/aromatic N) is 1. The van der Waals surface area contributed by atoms with Crippen molar-refractivity contribution in [3.8, 4) is 0 Å². The van der Waals surface area contributed by atoms with Gasteiger partial charge in [-0.15, -0.1) is 24.2 Å². The maximum absolute atomic E-state index is 12.7. The Morgan fingerprint density at radius 3 is 2.64 bits per heavy atom. The number of hydrogen-bond donors (Lipinski definition) is 2. The topological polar surface area (TPSA) is 61.4 Å². The van der Waals surface area contributed by atoms with Gasteiger partial charge in [-0.1, -0.05) is 30.3 Å². The molecule has 0 radical (unpaired) electrons. The van der Waals surface area contributed by atoms with Gasteiger partial charge >= 0.3 is 0 Å². The molecule has 0 fully saturated rings. The molecular weight excluding hydrogens is 394 g/mol. The molecule has 0 bridgehead atoms. The molecule has 0 atom stereocenters. The first kappa shape index (κ1) is 22.3. The molecule has 2 N–H and O–H groups in total. The second kappa shape index (κ2) is 11.1. The summed E-state index contributed by atoms with van der Waals surface area (Å²) in [5.41, 5.74) is 2.86. The van der Waals surface area contributed by atoms with Gasteiger partial charge in [0.2, 0.25) is 5.91 Å². The van der Waals surface area contributed by atoms with Gasteiger partial charge in [0.05, 0.1) is 11.3 Å². The normalized spacial score (nSPS) is 12.2. The van der Waals surface area contributed by atoms with Crippen molar-refractivity contribution in [2.45, 2.75) is 17.7 Å². The lowest BCUT2D eigenvalue weighted by atomic mass is 10.2. The van der Waals surface area contributed by atoms with Gasteiger partial charge in [0.25, 0.3) is 5.91 Å². The first-order valence-electron chi connectivity index (χ1n) is 9.23. The van der Waals surface area contributed by atoms with E-state index in [9.17, 15) is 9.59 Å². The summed E-state index contributed by atoms with van der Waals surface area (Å²) in [4.78, 5) is 27.8. The predicted octanol–water partition coefficient (Wildman–Crippen LogP) is 3.13. The number of fused-ring (bicyclic) bond motifs is 1. The minimum Gasteiger partial charge on any atom is -0.352 e. The molecule has 1 aliphatic heterocycles. The molecule has 0 saturated carbocycles. The van der Waals surface area contributed by atoms with Crippen LogP contribution in [0, 0.1) is 0 Å². The molecule has 3 rings (SSSR count). The smallest absolute Gasteiger partial charge is 0.252 e. The number of amides is 2. The van der Waals surface area contributed by atoms with Crippen LogP contribution in [0.2, 0.25) is 0 Å². The fourth-order valence-electron chi connectivity index (χ4n) is 3.16. The fraction of sp³-hybridized carbons (Fsp3) is 0.333. The Balaban J connectivity index is 0.00000280. The lowest BCUT2D eigenvalue weighted by Gasteiger charge is -2.17. The zero-order valence-corrected chi connectivity index (χ0v) is 17.6. The van der Waals surface area contributed by atoms with Gasteiger partial charge in [-0.25, -0.2) is 0 Å². The molecule has 150 valence electrons. The molecule has 2 amide bonds. The molecule has 0 aliphatic carbocycles. The number of rotatable bonds is 8. The number of halogens is 1. The van der Waals surface area contributed by atoms with Gasteiger partial charge in [-0.3, -0.25) is 9.59 Å². The van der Waals surface area contributed by atoms with E-state index in [0.717, 1.165) is 36.5 Å². The summed E-state index contributed by atoms with van der Waals surface area (Å²) in [5, 5.41) is 6.00. The van der Waals surface area contributed by atoms with E-state index in [4.69, 9.17) is 0 Å². The first-order valence-corrected chi connectivity index (χ1v) is 10.2. The van der Waals surface area contributed by atoms with Gasteiger partial charge < -0.3 is 15.5 Å². The Hall–Kier alpha value is -2.02. The van der Waals surface area contributed by atoms with Crippen LogP contribution in [0.5, 0.6) is 0 Å². The van der Waals surface area contributed by atoms with Crippen LogP contribution in [-0.2, 0) is 11.2 Å². The van der Waals surface area contributed by atoms with Crippen LogP contribution in [0.25, 0.3) is 0 Å². The minimum absolute atomic E-state index is 0. The third kappa shape index (κ3) is 5.50. The molecule has 2 aromatic rings. The highest BCUT2D eigenvalue weighted by molar-refractivity contribution is 8.00. The predicted molar refractivity (Wildman–Crippen MR) is 118 cm³/mol. The average molecular weight is 420 g/mol. The van der Waals surface area contributed by atoms with Crippen LogP contribution < -0.4 is 15.5 Å². The average Bonchev–Trinajstić information content (AvgIpc) is 3.14. The summed E-state index contributed by atoms with van der Waals surface area (Å²) >= 11 is 1.42. The van der Waals surface area contributed by atoms with Crippen LogP contribution in [0.1, 0.15) is 22.3 Å². The Labute approximate surface area is 176 Å². The highest BCUT2D eigenvalue weighted by Gasteiger charge is 2.24. The highest BCUT2D eigenvalue weighted by atomic mass is 35.5. The van der Waals surface area contributed by atoms with Gasteiger partial charge in [0.1, 0.15) is 0 Å². The van der Waals surface area contributed by atoms with E-state index in [1.54, 1.807) is 0 Å². The number of para-hydroxylation sites is 1. The van der Waals surface area contributed by atoms with Crippen LogP contribution >= 0.6 is 24.2 Å². The van der Waals surface area contributed by atoms with Crippen molar-refractivity contribution in [1.29, 1.82) is 0 Å². The number of anilines is 1. The van der Waals surface area contributed by atoms with Crippen molar-refractivity contribution in [2.75, 3.05) is 37.3 Å². The monoisotopic (exact) mass is 419 g/mol. The number of thioether (sulfide) groups is 1. The van der Waals surface area contributed by atoms with Crippen molar-refractivity contribution < 1.29 is 9.59 Å². The van der Waals surface area contributed by atoms with E-state index < -0.39 is 0 Å². The summed E-state index contributed by atoms with van der Waals surface area (Å²) in [6, 6.07) is 15.5. The molecule has 0 saturated heterocycles. The van der Waals surface area contributed by atoms with E-state index in [1.807, 2.05) is 54.4 Å². The van der Waals surface area contributed by atoms with E-state index in [1.165, 1.54) is 17.3 Å². The van der Waals surface area contributed by atoms with Crippen molar-refractivity contribution >= 4 is 41.7 Å². The Morgan fingerprint density at radius 1 is 1.07 bits per heavy atom. The molecule has 0 spiro atoms. The van der Waals surface area contributed by atoms with Gasteiger partial charge in [0.15, 0.2) is 0 Å². The molecule has 0 unspecified atom stereocenters. The van der Waals surface area contributed by atoms with E-state index in [0.29, 0.717) is 17.9 Å². The van der Waals surface area contributed by atoms with Gasteiger partial charge in [0, 0.05) is 23.7 Å². The summed E-state index contributed by atoms with van der Waals surface area (Å²) in [5.74, 6) is 0.306. The molecular formula is C21H26ClN3O2S. The molecule has 0 aromatic heterocycles. The molecule has 28 heavy (non-hydrogen) atoms. The fourth-order valence-corrected chi connectivity index (χ4v) is 4.08. The summed E-state index contributed by atoms with van der Waals surface area (Å²) in [7, 11) is 1.89. The first-order chi connectivity index (χ1) is 13.2. The lowest BCUT2D eigenvalue weighted by Crippen LogP contribution is -2.30. The van der Waals surface area contributed by atoms with E-state index >= 15 is 0 Å². The molecule has 1 heterocycles. The SMILES string of the molecule is CNCCCNC(=O)c1ccccc1SCC(=O)N1CCc2ccccc21.Cl. The van der Waals surface area contributed by atoms with Crippen LogP contribution in [-0.4, -0.2) is 44.2 Å². The quantitative estimate of drug-likeness (QED) is 0.509. The second-order valence-corrected chi connectivity index (χ2v) is 7.44. The zero-order valence-electron chi connectivity index (χ0n) is 15.9. The number of carbonyl (C=O) groups is 2. The number of nitrogens with one attached hydrogen (secondary N) is 2. The number of carbonyl (C=O) groups excluding carboxylic acids is 2. The second-order valence-electron chi connectivity index (χ2n) is 6.42. The van der Waals surface area contributed by atoms with Crippen molar-refractivity contribution in [1.82, 2.24) is 10.6 Å². The summed E-state index contributed by atoms with van der Waals surface area (Å²) in [6.07, 6.45) is 1.78. The maximum Gasteiger partial charge on any atom is 0.252 e. The lowest BCUT2D eigenvalue weighted by molar-refractivity contribution is -0.116. The Kier molecular flexibility index (Phi) is 8.83. The van der Waals surface area contributed by atoms with Crippen LogP contribution in [0.4, 0.5) is 5.69 Å². The number of hydrogen-bond acceptors (Lipinski definition) is 4. The number of benzene rings is 2. The third-order valence-corrected chi connectivity index (χ3v) is 5.62. The third-order valence-electron chi connectivity index (χ3n) is 4.56. The maximum atomic E-state index is 12.7.